The molecule has 2 rings (SSSR count). The maximum absolute atomic E-state index is 3.97. The molecule has 0 heterocycles. The summed E-state index contributed by atoms with van der Waals surface area (Å²) < 4.78 is 0. The number of allylic oxidation sites excluding steroid dienone is 9. The van der Waals surface area contributed by atoms with Crippen LogP contribution in [0.25, 0.3) is 0 Å². The van der Waals surface area contributed by atoms with Gasteiger partial charge in [0.2, 0.25) is 0 Å². The van der Waals surface area contributed by atoms with Gasteiger partial charge in [-0.1, -0.05) is 44.7 Å². The van der Waals surface area contributed by atoms with Crippen LogP contribution in [0, 0.1) is 11.8 Å². The van der Waals surface area contributed by atoms with Crippen LogP contribution in [0.1, 0.15) is 53.4 Å². The first kappa shape index (κ1) is 15.1. The monoisotopic (exact) mass is 268 g/mol. The van der Waals surface area contributed by atoms with Crippen molar-refractivity contribution in [2.45, 2.75) is 53.4 Å². The molecule has 2 aliphatic rings. The summed E-state index contributed by atoms with van der Waals surface area (Å²) in [7, 11) is 0. The van der Waals surface area contributed by atoms with Gasteiger partial charge < -0.3 is 0 Å². The maximum Gasteiger partial charge on any atom is -0.0156 e. The molecule has 0 radical (unpaired) electrons. The van der Waals surface area contributed by atoms with Crippen LogP contribution in [0.2, 0.25) is 0 Å². The van der Waals surface area contributed by atoms with Gasteiger partial charge >= 0.3 is 0 Å². The highest BCUT2D eigenvalue weighted by Gasteiger charge is 2.33. The Labute approximate surface area is 124 Å². The minimum Gasteiger partial charge on any atom is -0.0988 e. The molecule has 0 amide bonds. The fourth-order valence-corrected chi connectivity index (χ4v) is 3.22. The van der Waals surface area contributed by atoms with E-state index in [0.29, 0.717) is 5.92 Å². The number of hydrogen-bond donors (Lipinski definition) is 0. The normalized spacial score (nSPS) is 21.4. The first-order chi connectivity index (χ1) is 9.60. The Balaban J connectivity index is 2.57. The minimum absolute atomic E-state index is 0.636. The first-order valence-corrected chi connectivity index (χ1v) is 8.00. The van der Waals surface area contributed by atoms with Gasteiger partial charge in [-0.05, 0) is 79.2 Å². The average Bonchev–Trinajstić information content (AvgIpc) is 3.27. The van der Waals surface area contributed by atoms with E-state index in [1.54, 1.807) is 16.7 Å². The third-order valence-electron chi connectivity index (χ3n) is 4.39. The van der Waals surface area contributed by atoms with E-state index in [0.717, 1.165) is 5.92 Å². The van der Waals surface area contributed by atoms with E-state index in [4.69, 9.17) is 0 Å². The largest absolute Gasteiger partial charge is 0.0988 e. The standard InChI is InChI=1S/C20H28/c1-6-9-18(15(5)7-2)19-11-8-10-17(14(3)4)20(19)16-12-13-16/h6-7,9-10,14,16H,2,8,11-13H2,1,3-5H3/b9-6-,18-15+. The molecular formula is C20H28. The molecule has 0 N–H and O–H groups in total. The number of hydrogen-bond acceptors (Lipinski definition) is 0. The van der Waals surface area contributed by atoms with E-state index in [1.807, 2.05) is 6.08 Å². The van der Waals surface area contributed by atoms with Crippen molar-refractivity contribution in [3.8, 4) is 0 Å². The summed E-state index contributed by atoms with van der Waals surface area (Å²) in [6, 6.07) is 0. The van der Waals surface area contributed by atoms with E-state index in [9.17, 15) is 0 Å². The van der Waals surface area contributed by atoms with Crippen molar-refractivity contribution in [2.24, 2.45) is 11.8 Å². The molecular weight excluding hydrogens is 240 g/mol. The van der Waals surface area contributed by atoms with Crippen LogP contribution in [-0.4, -0.2) is 0 Å². The first-order valence-electron chi connectivity index (χ1n) is 8.00. The van der Waals surface area contributed by atoms with Crippen LogP contribution in [0.15, 0.2) is 58.7 Å². The summed E-state index contributed by atoms with van der Waals surface area (Å²) in [5.41, 5.74) is 7.58. The second-order valence-corrected chi connectivity index (χ2v) is 6.32. The lowest BCUT2D eigenvalue weighted by Gasteiger charge is -2.26. The van der Waals surface area contributed by atoms with E-state index < -0.39 is 0 Å². The van der Waals surface area contributed by atoms with E-state index in [-0.39, 0.29) is 0 Å². The van der Waals surface area contributed by atoms with Gasteiger partial charge in [0.15, 0.2) is 0 Å². The van der Waals surface area contributed by atoms with Gasteiger partial charge in [0, 0.05) is 0 Å². The maximum atomic E-state index is 3.97. The Morgan fingerprint density at radius 3 is 2.55 bits per heavy atom. The highest BCUT2D eigenvalue weighted by atomic mass is 14.4. The Kier molecular flexibility index (Phi) is 4.86. The lowest BCUT2D eigenvalue weighted by atomic mass is 9.79. The van der Waals surface area contributed by atoms with E-state index >= 15 is 0 Å². The van der Waals surface area contributed by atoms with Crippen LogP contribution in [0.3, 0.4) is 0 Å². The Bertz CT molecular complexity index is 502. The van der Waals surface area contributed by atoms with E-state index in [1.165, 1.54) is 36.8 Å². The summed E-state index contributed by atoms with van der Waals surface area (Å²) in [5.74, 6) is 1.45. The zero-order valence-electron chi connectivity index (χ0n) is 13.5. The molecule has 0 unspecified atom stereocenters. The molecule has 0 spiro atoms. The third kappa shape index (κ3) is 3.06. The summed E-state index contributed by atoms with van der Waals surface area (Å²) in [5, 5.41) is 0. The smallest absolute Gasteiger partial charge is 0.0156 e. The molecule has 0 atom stereocenters. The van der Waals surface area contributed by atoms with Crippen LogP contribution in [0.5, 0.6) is 0 Å². The summed E-state index contributed by atoms with van der Waals surface area (Å²) >= 11 is 0. The Morgan fingerprint density at radius 2 is 2.05 bits per heavy atom. The van der Waals surface area contributed by atoms with Crippen molar-refractivity contribution < 1.29 is 0 Å². The van der Waals surface area contributed by atoms with Crippen molar-refractivity contribution in [1.29, 1.82) is 0 Å². The van der Waals surface area contributed by atoms with Crippen LogP contribution in [-0.2, 0) is 0 Å². The predicted octanol–water partition coefficient (Wildman–Crippen LogP) is 6.15. The topological polar surface area (TPSA) is 0 Å². The Morgan fingerprint density at radius 1 is 1.35 bits per heavy atom. The van der Waals surface area contributed by atoms with Gasteiger partial charge in [-0.25, -0.2) is 0 Å². The average molecular weight is 268 g/mol. The fourth-order valence-electron chi connectivity index (χ4n) is 3.22. The molecule has 0 aromatic carbocycles. The molecule has 0 aliphatic heterocycles. The summed E-state index contributed by atoms with van der Waals surface area (Å²) in [4.78, 5) is 0. The minimum atomic E-state index is 0.636. The van der Waals surface area contributed by atoms with Crippen LogP contribution < -0.4 is 0 Å². The molecule has 0 saturated heterocycles. The molecule has 0 aromatic heterocycles. The van der Waals surface area contributed by atoms with Gasteiger partial charge in [-0.3, -0.25) is 0 Å². The quantitative estimate of drug-likeness (QED) is 0.525. The van der Waals surface area contributed by atoms with Gasteiger partial charge in [0.05, 0.1) is 0 Å². The van der Waals surface area contributed by atoms with E-state index in [2.05, 4.69) is 52.5 Å². The van der Waals surface area contributed by atoms with Crippen molar-refractivity contribution in [1.82, 2.24) is 0 Å². The molecule has 0 heteroatoms. The zero-order valence-corrected chi connectivity index (χ0v) is 13.5. The molecule has 1 fully saturated rings. The highest BCUT2D eigenvalue weighted by molar-refractivity contribution is 5.56. The predicted molar refractivity (Wildman–Crippen MR) is 89.6 cm³/mol. The van der Waals surface area contributed by atoms with Crippen LogP contribution in [0.4, 0.5) is 0 Å². The molecule has 2 aliphatic carbocycles. The molecule has 20 heavy (non-hydrogen) atoms. The second kappa shape index (κ2) is 6.43. The summed E-state index contributed by atoms with van der Waals surface area (Å²) in [6.45, 7) is 12.9. The molecule has 1 saturated carbocycles. The van der Waals surface area contributed by atoms with Gasteiger partial charge in [-0.15, -0.1) is 0 Å². The van der Waals surface area contributed by atoms with Crippen molar-refractivity contribution >= 4 is 0 Å². The lowest BCUT2D eigenvalue weighted by molar-refractivity contribution is 0.722. The van der Waals surface area contributed by atoms with Crippen molar-refractivity contribution in [2.75, 3.05) is 0 Å². The molecule has 0 nitrogen and oxygen atoms in total. The van der Waals surface area contributed by atoms with Gasteiger partial charge in [0.1, 0.15) is 0 Å². The lowest BCUT2D eigenvalue weighted by Crippen LogP contribution is -2.10. The second-order valence-electron chi connectivity index (χ2n) is 6.32. The molecule has 108 valence electrons. The zero-order chi connectivity index (χ0) is 14.7. The third-order valence-corrected chi connectivity index (χ3v) is 4.39. The fraction of sp³-hybridized carbons (Fsp3) is 0.500. The highest BCUT2D eigenvalue weighted by Crippen LogP contribution is 2.48. The van der Waals surface area contributed by atoms with Crippen molar-refractivity contribution in [3.63, 3.8) is 0 Å². The number of rotatable bonds is 5. The SMILES string of the molecule is C=C/C(C)=C(\C=C/C)C1=C(C2CC2)C(C(C)C)=CCC1. The summed E-state index contributed by atoms with van der Waals surface area (Å²) in [6.07, 6.45) is 14.0. The molecule has 0 aromatic rings. The van der Waals surface area contributed by atoms with Crippen molar-refractivity contribution in [3.05, 3.63) is 58.7 Å². The Hall–Kier alpha value is -1.30. The van der Waals surface area contributed by atoms with Gasteiger partial charge in [-0.2, -0.15) is 0 Å². The van der Waals surface area contributed by atoms with Crippen LogP contribution >= 0.6 is 0 Å². The molecule has 0 bridgehead atoms. The van der Waals surface area contributed by atoms with Gasteiger partial charge in [0.25, 0.3) is 0 Å².